The fraction of sp³-hybridized carbons (Fsp3) is 0.542. The number of rotatable bonds is 7. The number of nitrogens with one attached hydrogen (secondary N) is 1. The van der Waals surface area contributed by atoms with E-state index in [9.17, 15) is 9.59 Å². The summed E-state index contributed by atoms with van der Waals surface area (Å²) in [7, 11) is 0. The lowest BCUT2D eigenvalue weighted by Crippen LogP contribution is -2.34. The van der Waals surface area contributed by atoms with Gasteiger partial charge in [-0.05, 0) is 46.1 Å². The maximum atomic E-state index is 13.0. The average molecular weight is 485 g/mol. The number of hydrogen-bond acceptors (Lipinski definition) is 7. The number of benzene rings is 1. The lowest BCUT2D eigenvalue weighted by atomic mass is 10.0. The van der Waals surface area contributed by atoms with Crippen LogP contribution in [0, 0.1) is 0 Å². The third-order valence-electron chi connectivity index (χ3n) is 5.68. The summed E-state index contributed by atoms with van der Waals surface area (Å²) in [4.78, 5) is 36.2. The minimum atomic E-state index is -0.643. The Morgan fingerprint density at radius 3 is 2.74 bits per heavy atom. The number of aromatic nitrogens is 2. The van der Waals surface area contributed by atoms with Crippen LogP contribution in [0.3, 0.4) is 0 Å². The average Bonchev–Trinajstić information content (AvgIpc) is 3.35. The Kier molecular flexibility index (Phi) is 7.34. The Morgan fingerprint density at radius 2 is 2.00 bits per heavy atom. The van der Waals surface area contributed by atoms with Crippen molar-refractivity contribution in [2.75, 3.05) is 13.1 Å². The van der Waals surface area contributed by atoms with Crippen LogP contribution in [0.25, 0.3) is 0 Å². The SMILES string of the molecule is C/C(=N\C(=O)OC(C)(C)C)NCCc1nnc([C@@H]2CC[C@@H]3CN2C(=O)N3OCc2ccccc2)o1. The van der Waals surface area contributed by atoms with Crippen molar-refractivity contribution in [3.05, 3.63) is 47.7 Å². The molecule has 35 heavy (non-hydrogen) atoms. The minimum Gasteiger partial charge on any atom is -0.442 e. The topological polar surface area (TPSA) is 122 Å². The van der Waals surface area contributed by atoms with Gasteiger partial charge in [0.15, 0.2) is 0 Å². The van der Waals surface area contributed by atoms with Crippen molar-refractivity contribution in [3.8, 4) is 0 Å². The second-order valence-corrected chi connectivity index (χ2v) is 9.66. The Bertz CT molecular complexity index is 1060. The zero-order valence-corrected chi connectivity index (χ0v) is 20.6. The first-order valence-electron chi connectivity index (χ1n) is 11.8. The molecule has 3 amide bonds. The predicted octanol–water partition coefficient (Wildman–Crippen LogP) is 3.63. The largest absolute Gasteiger partial charge is 0.442 e. The molecule has 2 fully saturated rings. The summed E-state index contributed by atoms with van der Waals surface area (Å²) in [6.45, 7) is 8.41. The number of ether oxygens (including phenoxy) is 1. The molecule has 2 bridgehead atoms. The highest BCUT2D eigenvalue weighted by molar-refractivity contribution is 5.90. The number of hydroxylamine groups is 2. The molecule has 4 rings (SSSR count). The summed E-state index contributed by atoms with van der Waals surface area (Å²) < 4.78 is 11.0. The van der Waals surface area contributed by atoms with E-state index < -0.39 is 11.7 Å². The van der Waals surface area contributed by atoms with E-state index in [0.717, 1.165) is 18.4 Å². The van der Waals surface area contributed by atoms with Crippen LogP contribution in [0.2, 0.25) is 0 Å². The van der Waals surface area contributed by atoms with Gasteiger partial charge in [0.2, 0.25) is 11.8 Å². The third-order valence-corrected chi connectivity index (χ3v) is 5.68. The van der Waals surface area contributed by atoms with E-state index in [1.54, 1.807) is 32.6 Å². The molecule has 1 aromatic heterocycles. The van der Waals surface area contributed by atoms with Gasteiger partial charge in [-0.3, -0.25) is 4.84 Å². The number of amides is 3. The van der Waals surface area contributed by atoms with Crippen LogP contribution >= 0.6 is 0 Å². The maximum Gasteiger partial charge on any atom is 0.435 e. The van der Waals surface area contributed by atoms with Gasteiger partial charge < -0.3 is 19.4 Å². The smallest absolute Gasteiger partial charge is 0.435 e. The van der Waals surface area contributed by atoms with Gasteiger partial charge in [0.25, 0.3) is 0 Å². The quantitative estimate of drug-likeness (QED) is 0.467. The van der Waals surface area contributed by atoms with Crippen LogP contribution in [0.5, 0.6) is 0 Å². The van der Waals surface area contributed by atoms with E-state index in [1.165, 1.54) is 5.06 Å². The molecular weight excluding hydrogens is 452 g/mol. The molecule has 2 aromatic rings. The molecule has 3 heterocycles. The Balaban J connectivity index is 1.28. The Labute approximate surface area is 204 Å². The minimum absolute atomic E-state index is 0.0151. The fourth-order valence-corrected chi connectivity index (χ4v) is 4.09. The molecule has 1 aromatic carbocycles. The van der Waals surface area contributed by atoms with E-state index in [4.69, 9.17) is 14.0 Å². The Hall–Kier alpha value is -3.47. The molecule has 0 saturated carbocycles. The van der Waals surface area contributed by atoms with Crippen LogP contribution in [0.15, 0.2) is 39.7 Å². The summed E-state index contributed by atoms with van der Waals surface area (Å²) in [6, 6.07) is 9.34. The molecule has 188 valence electrons. The predicted molar refractivity (Wildman–Crippen MR) is 126 cm³/mol. The molecule has 2 saturated heterocycles. The number of amidine groups is 1. The van der Waals surface area contributed by atoms with Gasteiger partial charge in [-0.25, -0.2) is 9.59 Å². The van der Waals surface area contributed by atoms with Crippen molar-refractivity contribution in [3.63, 3.8) is 0 Å². The number of nitrogens with zero attached hydrogens (tertiary/aromatic N) is 5. The van der Waals surface area contributed by atoms with E-state index in [0.29, 0.717) is 43.7 Å². The third kappa shape index (κ3) is 6.36. The number of fused-ring (bicyclic) bond motifs is 2. The van der Waals surface area contributed by atoms with Crippen molar-refractivity contribution in [2.24, 2.45) is 4.99 Å². The van der Waals surface area contributed by atoms with Gasteiger partial charge >= 0.3 is 12.1 Å². The molecule has 0 spiro atoms. The number of carbonyl (C=O) groups is 2. The van der Waals surface area contributed by atoms with Crippen LogP contribution in [0.4, 0.5) is 9.59 Å². The van der Waals surface area contributed by atoms with E-state index in [2.05, 4.69) is 20.5 Å². The molecule has 1 N–H and O–H groups in total. The fourth-order valence-electron chi connectivity index (χ4n) is 4.09. The van der Waals surface area contributed by atoms with Gasteiger partial charge in [0.1, 0.15) is 24.1 Å². The highest BCUT2D eigenvalue weighted by atomic mass is 16.7. The first-order valence-corrected chi connectivity index (χ1v) is 11.8. The van der Waals surface area contributed by atoms with E-state index in [-0.39, 0.29) is 18.1 Å². The van der Waals surface area contributed by atoms with Gasteiger partial charge in [0, 0.05) is 19.5 Å². The number of hydrogen-bond donors (Lipinski definition) is 1. The first-order chi connectivity index (χ1) is 16.7. The van der Waals surface area contributed by atoms with Crippen LogP contribution in [-0.2, 0) is 22.6 Å². The monoisotopic (exact) mass is 484 g/mol. The van der Waals surface area contributed by atoms with Crippen molar-refractivity contribution in [2.45, 2.75) is 71.2 Å². The zero-order chi connectivity index (χ0) is 25.0. The van der Waals surface area contributed by atoms with Crippen molar-refractivity contribution in [1.29, 1.82) is 0 Å². The molecular formula is C24H32N6O5. The summed E-state index contributed by atoms with van der Waals surface area (Å²) in [5, 5.41) is 12.8. The number of aliphatic imine (C=N–C) groups is 1. The van der Waals surface area contributed by atoms with E-state index in [1.807, 2.05) is 30.3 Å². The van der Waals surface area contributed by atoms with Crippen LogP contribution < -0.4 is 5.32 Å². The van der Waals surface area contributed by atoms with Crippen LogP contribution in [0.1, 0.15) is 63.9 Å². The van der Waals surface area contributed by atoms with Crippen molar-refractivity contribution in [1.82, 2.24) is 25.5 Å². The van der Waals surface area contributed by atoms with Crippen LogP contribution in [-0.4, -0.2) is 62.9 Å². The second-order valence-electron chi connectivity index (χ2n) is 9.66. The normalized spacial score (nSPS) is 20.3. The van der Waals surface area contributed by atoms with Gasteiger partial charge in [-0.1, -0.05) is 30.3 Å². The molecule has 11 nitrogen and oxygen atoms in total. The highest BCUT2D eigenvalue weighted by Crippen LogP contribution is 2.38. The summed E-state index contributed by atoms with van der Waals surface area (Å²) >= 11 is 0. The molecule has 0 aliphatic carbocycles. The second kappa shape index (κ2) is 10.4. The molecule has 0 unspecified atom stereocenters. The molecule has 2 aliphatic rings. The lowest BCUT2D eigenvalue weighted by Gasteiger charge is -2.27. The van der Waals surface area contributed by atoms with Crippen molar-refractivity contribution < 1.29 is 23.6 Å². The number of carbonyl (C=O) groups excluding carboxylic acids is 2. The molecule has 2 aliphatic heterocycles. The zero-order valence-electron chi connectivity index (χ0n) is 20.6. The molecule has 11 heteroatoms. The number of urea groups is 1. The number of piperidine rings is 1. The maximum absolute atomic E-state index is 13.0. The summed E-state index contributed by atoms with van der Waals surface area (Å²) in [5.41, 5.74) is 0.414. The summed E-state index contributed by atoms with van der Waals surface area (Å²) in [5.74, 6) is 1.31. The summed E-state index contributed by atoms with van der Waals surface area (Å²) in [6.07, 6.45) is 1.32. The van der Waals surface area contributed by atoms with Crippen molar-refractivity contribution >= 4 is 18.0 Å². The van der Waals surface area contributed by atoms with E-state index >= 15 is 0 Å². The molecule has 0 radical (unpaired) electrons. The molecule has 2 atom stereocenters. The van der Waals surface area contributed by atoms with Gasteiger partial charge in [-0.15, -0.1) is 10.2 Å². The van der Waals surface area contributed by atoms with Gasteiger partial charge in [-0.2, -0.15) is 10.1 Å². The Morgan fingerprint density at radius 1 is 1.23 bits per heavy atom. The van der Waals surface area contributed by atoms with Gasteiger partial charge in [0.05, 0.1) is 6.04 Å². The standard InChI is InChI=1S/C24H32N6O5/c1-16(26-22(31)35-24(2,3)4)25-13-12-20-27-28-21(34-20)19-11-10-18-14-29(19)23(32)30(18)33-15-17-8-6-5-7-9-17/h5-9,18-19H,10-15H2,1-4H3,(H,25,26,31)/t18-,19+/m1/s1. The highest BCUT2D eigenvalue weighted by Gasteiger charge is 2.47. The first kappa shape index (κ1) is 24.6. The lowest BCUT2D eigenvalue weighted by molar-refractivity contribution is -0.140.